The minimum absolute atomic E-state index is 0.329. The molecule has 98 valence electrons. The SMILES string of the molecule is CCCNC(CCCOCC)c1cnnn1C. The minimum atomic E-state index is 0.329. The summed E-state index contributed by atoms with van der Waals surface area (Å²) in [5, 5.41) is 11.5. The Balaban J connectivity index is 2.46. The highest BCUT2D eigenvalue weighted by Crippen LogP contribution is 2.16. The fourth-order valence-corrected chi connectivity index (χ4v) is 1.82. The van der Waals surface area contributed by atoms with Crippen molar-refractivity contribution >= 4 is 0 Å². The summed E-state index contributed by atoms with van der Waals surface area (Å²) in [4.78, 5) is 0. The number of rotatable bonds is 9. The number of aryl methyl sites for hydroxylation is 1. The van der Waals surface area contributed by atoms with Crippen molar-refractivity contribution in [2.24, 2.45) is 7.05 Å². The van der Waals surface area contributed by atoms with Crippen molar-refractivity contribution in [3.63, 3.8) is 0 Å². The van der Waals surface area contributed by atoms with E-state index in [-0.39, 0.29) is 0 Å². The molecule has 0 saturated heterocycles. The molecule has 1 aromatic rings. The second kappa shape index (κ2) is 8.20. The predicted molar refractivity (Wildman–Crippen MR) is 67.8 cm³/mol. The molecule has 0 aliphatic carbocycles. The largest absolute Gasteiger partial charge is 0.382 e. The molecule has 5 nitrogen and oxygen atoms in total. The van der Waals surface area contributed by atoms with Gasteiger partial charge in [-0.05, 0) is 32.7 Å². The zero-order valence-corrected chi connectivity index (χ0v) is 11.1. The number of hydrogen-bond acceptors (Lipinski definition) is 4. The minimum Gasteiger partial charge on any atom is -0.382 e. The van der Waals surface area contributed by atoms with Gasteiger partial charge in [0, 0.05) is 20.3 Å². The molecule has 17 heavy (non-hydrogen) atoms. The summed E-state index contributed by atoms with van der Waals surface area (Å²) < 4.78 is 7.21. The van der Waals surface area contributed by atoms with Gasteiger partial charge in [-0.2, -0.15) is 0 Å². The molecule has 1 aromatic heterocycles. The van der Waals surface area contributed by atoms with Crippen LogP contribution in [0.25, 0.3) is 0 Å². The van der Waals surface area contributed by atoms with Gasteiger partial charge in [0.05, 0.1) is 17.9 Å². The molecular weight excluding hydrogens is 216 g/mol. The van der Waals surface area contributed by atoms with Crippen molar-refractivity contribution < 1.29 is 4.74 Å². The lowest BCUT2D eigenvalue weighted by Crippen LogP contribution is -2.24. The Labute approximate surface area is 104 Å². The summed E-state index contributed by atoms with van der Waals surface area (Å²) in [6.45, 7) is 6.83. The number of nitrogens with zero attached hydrogens (tertiary/aromatic N) is 3. The van der Waals surface area contributed by atoms with Gasteiger partial charge >= 0.3 is 0 Å². The Morgan fingerprint density at radius 3 is 2.88 bits per heavy atom. The Kier molecular flexibility index (Phi) is 6.81. The molecule has 1 heterocycles. The van der Waals surface area contributed by atoms with E-state index in [1.165, 1.54) is 0 Å². The van der Waals surface area contributed by atoms with E-state index in [1.54, 1.807) is 0 Å². The average Bonchev–Trinajstić information content (AvgIpc) is 2.75. The standard InChI is InChI=1S/C12H24N4O/c1-4-8-13-11(7-6-9-17-5-2)12-10-14-15-16(12)3/h10-11,13H,4-9H2,1-3H3. The molecule has 0 bridgehead atoms. The van der Waals surface area contributed by atoms with Gasteiger partial charge in [0.1, 0.15) is 0 Å². The lowest BCUT2D eigenvalue weighted by atomic mass is 10.1. The Bertz CT molecular complexity index is 300. The van der Waals surface area contributed by atoms with Crippen LogP contribution in [-0.2, 0) is 11.8 Å². The highest BCUT2D eigenvalue weighted by Gasteiger charge is 2.14. The van der Waals surface area contributed by atoms with Crippen LogP contribution in [0.3, 0.4) is 0 Å². The normalized spacial score (nSPS) is 12.9. The Morgan fingerprint density at radius 1 is 1.47 bits per heavy atom. The average molecular weight is 240 g/mol. The molecule has 0 radical (unpaired) electrons. The molecule has 0 saturated carbocycles. The van der Waals surface area contributed by atoms with E-state index in [0.29, 0.717) is 6.04 Å². The van der Waals surface area contributed by atoms with Crippen molar-refractivity contribution in [2.75, 3.05) is 19.8 Å². The Morgan fingerprint density at radius 2 is 2.29 bits per heavy atom. The first-order valence-electron chi connectivity index (χ1n) is 6.45. The lowest BCUT2D eigenvalue weighted by molar-refractivity contribution is 0.140. The van der Waals surface area contributed by atoms with Crippen molar-refractivity contribution in [3.8, 4) is 0 Å². The van der Waals surface area contributed by atoms with Gasteiger partial charge in [-0.25, -0.2) is 0 Å². The predicted octanol–water partition coefficient (Wildman–Crippen LogP) is 1.67. The molecule has 1 unspecified atom stereocenters. The second-order valence-corrected chi connectivity index (χ2v) is 4.13. The highest BCUT2D eigenvalue weighted by molar-refractivity contribution is 5.01. The zero-order valence-electron chi connectivity index (χ0n) is 11.1. The molecule has 0 aliphatic rings. The maximum absolute atomic E-state index is 5.37. The van der Waals surface area contributed by atoms with Crippen molar-refractivity contribution in [1.82, 2.24) is 20.3 Å². The van der Waals surface area contributed by atoms with Crippen LogP contribution in [0, 0.1) is 0 Å². The smallest absolute Gasteiger partial charge is 0.0753 e. The van der Waals surface area contributed by atoms with E-state index < -0.39 is 0 Å². The van der Waals surface area contributed by atoms with Crippen LogP contribution < -0.4 is 5.32 Å². The van der Waals surface area contributed by atoms with Gasteiger partial charge in [0.25, 0.3) is 0 Å². The first kappa shape index (κ1) is 14.1. The van der Waals surface area contributed by atoms with Gasteiger partial charge in [0.2, 0.25) is 0 Å². The van der Waals surface area contributed by atoms with Crippen LogP contribution in [0.4, 0.5) is 0 Å². The molecule has 0 amide bonds. The van der Waals surface area contributed by atoms with E-state index in [4.69, 9.17) is 4.74 Å². The fraction of sp³-hybridized carbons (Fsp3) is 0.833. The summed E-state index contributed by atoms with van der Waals surface area (Å²) in [6.07, 6.45) is 5.09. The first-order chi connectivity index (χ1) is 8.29. The van der Waals surface area contributed by atoms with Crippen LogP contribution in [-0.4, -0.2) is 34.8 Å². The van der Waals surface area contributed by atoms with Gasteiger partial charge in [-0.15, -0.1) is 5.10 Å². The maximum atomic E-state index is 5.37. The number of hydrogen-bond donors (Lipinski definition) is 1. The van der Waals surface area contributed by atoms with E-state index >= 15 is 0 Å². The van der Waals surface area contributed by atoms with E-state index in [0.717, 1.165) is 44.7 Å². The van der Waals surface area contributed by atoms with E-state index in [9.17, 15) is 0 Å². The summed E-state index contributed by atoms with van der Waals surface area (Å²) in [6, 6.07) is 0.329. The summed E-state index contributed by atoms with van der Waals surface area (Å²) >= 11 is 0. The third-order valence-corrected chi connectivity index (χ3v) is 2.73. The third-order valence-electron chi connectivity index (χ3n) is 2.73. The molecule has 0 aromatic carbocycles. The number of ether oxygens (including phenoxy) is 1. The molecule has 0 aliphatic heterocycles. The third kappa shape index (κ3) is 4.83. The molecule has 1 N–H and O–H groups in total. The van der Waals surface area contributed by atoms with Gasteiger partial charge in [0.15, 0.2) is 0 Å². The molecule has 1 rings (SSSR count). The van der Waals surface area contributed by atoms with Crippen molar-refractivity contribution in [3.05, 3.63) is 11.9 Å². The quantitative estimate of drug-likeness (QED) is 0.667. The van der Waals surface area contributed by atoms with Gasteiger partial charge in [-0.1, -0.05) is 12.1 Å². The highest BCUT2D eigenvalue weighted by atomic mass is 16.5. The topological polar surface area (TPSA) is 52.0 Å². The fourth-order valence-electron chi connectivity index (χ4n) is 1.82. The maximum Gasteiger partial charge on any atom is 0.0753 e. The zero-order chi connectivity index (χ0) is 12.5. The number of nitrogens with one attached hydrogen (secondary N) is 1. The van der Waals surface area contributed by atoms with Gasteiger partial charge in [-0.3, -0.25) is 4.68 Å². The van der Waals surface area contributed by atoms with Gasteiger partial charge < -0.3 is 10.1 Å². The molecule has 5 heteroatoms. The van der Waals surface area contributed by atoms with Crippen molar-refractivity contribution in [1.29, 1.82) is 0 Å². The van der Waals surface area contributed by atoms with E-state index in [1.807, 2.05) is 24.9 Å². The monoisotopic (exact) mass is 240 g/mol. The van der Waals surface area contributed by atoms with Crippen molar-refractivity contribution in [2.45, 2.75) is 39.2 Å². The van der Waals surface area contributed by atoms with Crippen LogP contribution in [0.15, 0.2) is 6.20 Å². The van der Waals surface area contributed by atoms with E-state index in [2.05, 4.69) is 22.6 Å². The molecule has 0 fully saturated rings. The molecule has 1 atom stereocenters. The second-order valence-electron chi connectivity index (χ2n) is 4.13. The first-order valence-corrected chi connectivity index (χ1v) is 6.45. The lowest BCUT2D eigenvalue weighted by Gasteiger charge is -2.18. The number of aromatic nitrogens is 3. The summed E-state index contributed by atoms with van der Waals surface area (Å²) in [5.41, 5.74) is 1.15. The van der Waals surface area contributed by atoms with Crippen LogP contribution in [0.1, 0.15) is 44.8 Å². The van der Waals surface area contributed by atoms with Crippen LogP contribution in [0.5, 0.6) is 0 Å². The Hall–Kier alpha value is -0.940. The molecule has 0 spiro atoms. The van der Waals surface area contributed by atoms with Crippen LogP contribution >= 0.6 is 0 Å². The summed E-state index contributed by atoms with van der Waals surface area (Å²) in [5.74, 6) is 0. The molecular formula is C12H24N4O. The summed E-state index contributed by atoms with van der Waals surface area (Å²) in [7, 11) is 1.94. The van der Waals surface area contributed by atoms with Crippen LogP contribution in [0.2, 0.25) is 0 Å².